The van der Waals surface area contributed by atoms with Crippen molar-refractivity contribution < 1.29 is 9.21 Å². The fourth-order valence-corrected chi connectivity index (χ4v) is 1.36. The summed E-state index contributed by atoms with van der Waals surface area (Å²) in [7, 11) is 0. The van der Waals surface area contributed by atoms with Crippen molar-refractivity contribution in [2.45, 2.75) is 33.2 Å². The molecule has 0 aromatic carbocycles. The van der Waals surface area contributed by atoms with E-state index in [4.69, 9.17) is 10.2 Å². The zero-order valence-corrected chi connectivity index (χ0v) is 10.7. The second-order valence-electron chi connectivity index (χ2n) is 3.85. The predicted octanol–water partition coefficient (Wildman–Crippen LogP) is 1.79. The maximum atomic E-state index is 11.6. The minimum absolute atomic E-state index is 0. The van der Waals surface area contributed by atoms with Crippen molar-refractivity contribution in [2.24, 2.45) is 5.73 Å². The summed E-state index contributed by atoms with van der Waals surface area (Å²) >= 11 is 0. The smallest absolute Gasteiger partial charge is 0.254 e. The van der Waals surface area contributed by atoms with Crippen molar-refractivity contribution >= 4 is 18.3 Å². The Bertz CT molecular complexity index is 348. The molecule has 3 N–H and O–H groups in total. The molecule has 0 radical (unpaired) electrons. The van der Waals surface area contributed by atoms with Crippen molar-refractivity contribution in [3.05, 3.63) is 23.2 Å². The standard InChI is InChI=1S/C11H18N2O2.ClH/c1-7(12)4-5-13-11(14)10-6-8(2)15-9(10)3;/h6-7H,4-5,12H2,1-3H3,(H,13,14);1H. The van der Waals surface area contributed by atoms with Crippen LogP contribution in [0.15, 0.2) is 10.5 Å². The number of nitrogens with two attached hydrogens (primary N) is 1. The highest BCUT2D eigenvalue weighted by Gasteiger charge is 2.12. The van der Waals surface area contributed by atoms with Crippen molar-refractivity contribution in [3.8, 4) is 0 Å². The highest BCUT2D eigenvalue weighted by molar-refractivity contribution is 5.95. The third kappa shape index (κ3) is 4.24. The third-order valence-corrected chi connectivity index (χ3v) is 2.17. The largest absolute Gasteiger partial charge is 0.466 e. The van der Waals surface area contributed by atoms with Crippen molar-refractivity contribution in [1.29, 1.82) is 0 Å². The van der Waals surface area contributed by atoms with Gasteiger partial charge in [0.2, 0.25) is 0 Å². The van der Waals surface area contributed by atoms with Gasteiger partial charge in [0, 0.05) is 12.6 Å². The molecule has 0 saturated heterocycles. The van der Waals surface area contributed by atoms with E-state index in [1.807, 2.05) is 13.8 Å². The van der Waals surface area contributed by atoms with Crippen LogP contribution in [0.2, 0.25) is 0 Å². The Hall–Kier alpha value is -1.000. The first-order chi connectivity index (χ1) is 7.00. The Balaban J connectivity index is 0.00000225. The average Bonchev–Trinajstić information content (AvgIpc) is 2.44. The topological polar surface area (TPSA) is 68.3 Å². The Labute approximate surface area is 102 Å². The van der Waals surface area contributed by atoms with Crippen LogP contribution in [0.1, 0.15) is 35.2 Å². The molecule has 0 spiro atoms. The molecule has 1 aromatic heterocycles. The van der Waals surface area contributed by atoms with Gasteiger partial charge >= 0.3 is 0 Å². The Morgan fingerprint density at radius 3 is 2.62 bits per heavy atom. The van der Waals surface area contributed by atoms with Crippen LogP contribution >= 0.6 is 12.4 Å². The molecule has 1 amide bonds. The molecule has 0 fully saturated rings. The number of aryl methyl sites for hydroxylation is 2. The fourth-order valence-electron chi connectivity index (χ4n) is 1.36. The molecule has 92 valence electrons. The maximum absolute atomic E-state index is 11.6. The third-order valence-electron chi connectivity index (χ3n) is 2.17. The summed E-state index contributed by atoms with van der Waals surface area (Å²) in [5.41, 5.74) is 6.19. The number of hydrogen-bond acceptors (Lipinski definition) is 3. The second kappa shape index (κ2) is 6.55. The number of nitrogens with one attached hydrogen (secondary N) is 1. The highest BCUT2D eigenvalue weighted by atomic mass is 35.5. The Morgan fingerprint density at radius 2 is 2.19 bits per heavy atom. The molecular weight excluding hydrogens is 228 g/mol. The summed E-state index contributed by atoms with van der Waals surface area (Å²) in [6, 6.07) is 1.86. The summed E-state index contributed by atoms with van der Waals surface area (Å²) in [6.45, 7) is 6.12. The summed E-state index contributed by atoms with van der Waals surface area (Å²) in [6.07, 6.45) is 0.779. The first-order valence-electron chi connectivity index (χ1n) is 5.11. The first-order valence-corrected chi connectivity index (χ1v) is 5.11. The lowest BCUT2D eigenvalue weighted by Gasteiger charge is -2.06. The van der Waals surface area contributed by atoms with E-state index in [2.05, 4.69) is 5.32 Å². The van der Waals surface area contributed by atoms with Crippen LogP contribution in [0.3, 0.4) is 0 Å². The summed E-state index contributed by atoms with van der Waals surface area (Å²) < 4.78 is 5.28. The highest BCUT2D eigenvalue weighted by Crippen LogP contribution is 2.13. The van der Waals surface area contributed by atoms with Crippen LogP contribution in [0.5, 0.6) is 0 Å². The number of carbonyl (C=O) groups excluding carboxylic acids is 1. The van der Waals surface area contributed by atoms with E-state index in [-0.39, 0.29) is 24.4 Å². The molecule has 5 heteroatoms. The molecule has 0 aliphatic carbocycles. The monoisotopic (exact) mass is 246 g/mol. The second-order valence-corrected chi connectivity index (χ2v) is 3.85. The Morgan fingerprint density at radius 1 is 1.56 bits per heavy atom. The quantitative estimate of drug-likeness (QED) is 0.851. The molecule has 1 unspecified atom stereocenters. The molecule has 1 atom stereocenters. The zero-order valence-electron chi connectivity index (χ0n) is 9.87. The summed E-state index contributed by atoms with van der Waals surface area (Å²) in [5, 5.41) is 2.81. The normalized spacial score (nSPS) is 11.8. The number of amides is 1. The minimum Gasteiger partial charge on any atom is -0.466 e. The van der Waals surface area contributed by atoms with Crippen LogP contribution in [0, 0.1) is 13.8 Å². The van der Waals surface area contributed by atoms with Crippen LogP contribution in [-0.2, 0) is 0 Å². The van der Waals surface area contributed by atoms with Gasteiger partial charge in [-0.05, 0) is 33.3 Å². The molecular formula is C11H19ClN2O2. The average molecular weight is 247 g/mol. The lowest BCUT2D eigenvalue weighted by Crippen LogP contribution is -2.29. The van der Waals surface area contributed by atoms with Crippen molar-refractivity contribution in [3.63, 3.8) is 0 Å². The van der Waals surface area contributed by atoms with E-state index < -0.39 is 0 Å². The molecule has 1 heterocycles. The molecule has 4 nitrogen and oxygen atoms in total. The van der Waals surface area contributed by atoms with Crippen LogP contribution in [0.25, 0.3) is 0 Å². The molecule has 16 heavy (non-hydrogen) atoms. The molecule has 1 aromatic rings. The van der Waals surface area contributed by atoms with Gasteiger partial charge in [0.05, 0.1) is 5.56 Å². The zero-order chi connectivity index (χ0) is 11.4. The van der Waals surface area contributed by atoms with Crippen molar-refractivity contribution in [2.75, 3.05) is 6.54 Å². The van der Waals surface area contributed by atoms with Gasteiger partial charge in [-0.3, -0.25) is 4.79 Å². The van der Waals surface area contributed by atoms with Crippen molar-refractivity contribution in [1.82, 2.24) is 5.32 Å². The van der Waals surface area contributed by atoms with E-state index in [9.17, 15) is 4.79 Å². The molecule has 0 aliphatic rings. The fraction of sp³-hybridized carbons (Fsp3) is 0.545. The van der Waals surface area contributed by atoms with E-state index in [0.717, 1.165) is 12.2 Å². The van der Waals surface area contributed by atoms with Gasteiger partial charge < -0.3 is 15.5 Å². The molecule has 0 bridgehead atoms. The van der Waals surface area contributed by atoms with Crippen LogP contribution < -0.4 is 11.1 Å². The summed E-state index contributed by atoms with van der Waals surface area (Å²) in [4.78, 5) is 11.6. The van der Waals surface area contributed by atoms with Gasteiger partial charge in [0.1, 0.15) is 11.5 Å². The predicted molar refractivity (Wildman–Crippen MR) is 66.0 cm³/mol. The number of halogens is 1. The van der Waals surface area contributed by atoms with Gasteiger partial charge in [-0.15, -0.1) is 12.4 Å². The van der Waals surface area contributed by atoms with Gasteiger partial charge in [-0.25, -0.2) is 0 Å². The molecule has 1 rings (SSSR count). The number of hydrogen-bond donors (Lipinski definition) is 2. The Kier molecular flexibility index (Phi) is 6.14. The molecule has 0 saturated carbocycles. The number of carbonyl (C=O) groups is 1. The van der Waals surface area contributed by atoms with Gasteiger partial charge in [0.25, 0.3) is 5.91 Å². The van der Waals surface area contributed by atoms with E-state index in [1.54, 1.807) is 13.0 Å². The van der Waals surface area contributed by atoms with E-state index in [1.165, 1.54) is 0 Å². The SMILES string of the molecule is Cc1cc(C(=O)NCCC(C)N)c(C)o1.Cl. The maximum Gasteiger partial charge on any atom is 0.254 e. The van der Waals surface area contributed by atoms with E-state index >= 15 is 0 Å². The van der Waals surface area contributed by atoms with E-state index in [0.29, 0.717) is 17.9 Å². The van der Waals surface area contributed by atoms with Gasteiger partial charge in [-0.1, -0.05) is 0 Å². The lowest BCUT2D eigenvalue weighted by molar-refractivity contribution is 0.0951. The van der Waals surface area contributed by atoms with Gasteiger partial charge in [0.15, 0.2) is 0 Å². The lowest BCUT2D eigenvalue weighted by atomic mass is 10.2. The van der Waals surface area contributed by atoms with Gasteiger partial charge in [-0.2, -0.15) is 0 Å². The molecule has 0 aliphatic heterocycles. The number of furan rings is 1. The summed E-state index contributed by atoms with van der Waals surface area (Å²) in [5.74, 6) is 1.32. The first kappa shape index (κ1) is 15.0. The van der Waals surface area contributed by atoms with Crippen LogP contribution in [-0.4, -0.2) is 18.5 Å². The minimum atomic E-state index is -0.0926. The number of rotatable bonds is 4. The van der Waals surface area contributed by atoms with Crippen LogP contribution in [0.4, 0.5) is 0 Å².